The predicted molar refractivity (Wildman–Crippen MR) is 202 cm³/mol. The van der Waals surface area contributed by atoms with Gasteiger partial charge in [-0.2, -0.15) is 0 Å². The maximum absolute atomic E-state index is 6.34. The van der Waals surface area contributed by atoms with Crippen LogP contribution in [-0.4, -0.2) is 12.6 Å². The fourth-order valence-corrected chi connectivity index (χ4v) is 10.7. The molecule has 0 fully saturated rings. The van der Waals surface area contributed by atoms with E-state index in [1.807, 2.05) is 22.7 Å². The number of benzene rings is 2. The molecule has 228 valence electrons. The minimum Gasteiger partial charge on any atom is -0.346 e. The summed E-state index contributed by atoms with van der Waals surface area (Å²) in [6, 6.07) is 17.0. The standard InChI is InChI=1S/C38H42N2S4/c1-3-5-7-9-11-13-22-40-23-21-28-25-32-34(42-28)20-18-30-36(32)44-37-29-17-19-33-31(35(29)43-38(30)37)24-27(41-33)16-15-26(39)14-12-10-8-6-4-2/h17-20,24-26,40H,3-14,22,39H2,1-2H3. The maximum atomic E-state index is 6.34. The number of hydrogen-bond acceptors (Lipinski definition) is 6. The first-order valence-corrected chi connectivity index (χ1v) is 19.7. The summed E-state index contributed by atoms with van der Waals surface area (Å²) < 4.78 is 8.19. The van der Waals surface area contributed by atoms with Crippen LogP contribution in [0.15, 0.2) is 36.4 Å². The van der Waals surface area contributed by atoms with E-state index in [1.165, 1.54) is 120 Å². The Morgan fingerprint density at radius 1 is 0.614 bits per heavy atom. The molecule has 1 unspecified atom stereocenters. The Morgan fingerprint density at radius 3 is 1.77 bits per heavy atom. The lowest BCUT2D eigenvalue weighted by atomic mass is 10.1. The molecule has 4 aromatic heterocycles. The van der Waals surface area contributed by atoms with Crippen LogP contribution in [0, 0.1) is 23.8 Å². The molecule has 6 rings (SSSR count). The normalized spacial score (nSPS) is 12.2. The summed E-state index contributed by atoms with van der Waals surface area (Å²) in [5, 5.41) is 8.72. The van der Waals surface area contributed by atoms with E-state index in [0.29, 0.717) is 0 Å². The molecular weight excluding hydrogens is 613 g/mol. The van der Waals surface area contributed by atoms with Gasteiger partial charge in [0.2, 0.25) is 0 Å². The first-order valence-electron chi connectivity index (χ1n) is 16.4. The van der Waals surface area contributed by atoms with Crippen molar-refractivity contribution in [1.82, 2.24) is 5.32 Å². The van der Waals surface area contributed by atoms with Gasteiger partial charge in [-0.05, 0) is 43.0 Å². The first-order chi connectivity index (χ1) is 21.7. The number of hydrogen-bond donors (Lipinski definition) is 2. The van der Waals surface area contributed by atoms with E-state index in [2.05, 4.69) is 79.4 Å². The topological polar surface area (TPSA) is 38.0 Å². The van der Waals surface area contributed by atoms with Gasteiger partial charge in [0, 0.05) is 52.9 Å². The second-order valence-corrected chi connectivity index (χ2v) is 16.0. The fourth-order valence-electron chi connectivity index (χ4n) is 5.89. The van der Waals surface area contributed by atoms with Crippen LogP contribution in [0.3, 0.4) is 0 Å². The van der Waals surface area contributed by atoms with Gasteiger partial charge in [0.15, 0.2) is 0 Å². The summed E-state index contributed by atoms with van der Waals surface area (Å²) in [4.78, 5) is 2.25. The molecule has 0 aliphatic carbocycles. The molecule has 0 radical (unpaired) electrons. The fraction of sp³-hybridized carbons (Fsp3) is 0.421. The van der Waals surface area contributed by atoms with Crippen LogP contribution in [0.25, 0.3) is 49.7 Å². The Balaban J connectivity index is 1.19. The Bertz CT molecular complexity index is 2000. The quantitative estimate of drug-likeness (QED) is 0.0739. The molecule has 0 amide bonds. The van der Waals surface area contributed by atoms with Crippen molar-refractivity contribution >= 4 is 95.1 Å². The third-order valence-electron chi connectivity index (χ3n) is 8.34. The number of nitrogens with two attached hydrogens (primary N) is 1. The van der Waals surface area contributed by atoms with E-state index in [4.69, 9.17) is 5.73 Å². The van der Waals surface area contributed by atoms with Gasteiger partial charge in [0.25, 0.3) is 0 Å². The minimum atomic E-state index is -0.0397. The molecule has 44 heavy (non-hydrogen) atoms. The van der Waals surface area contributed by atoms with Crippen LogP contribution in [0.1, 0.15) is 101 Å². The number of thiophene rings is 4. The molecule has 3 N–H and O–H groups in total. The van der Waals surface area contributed by atoms with Crippen molar-refractivity contribution in [2.45, 2.75) is 96.9 Å². The Hall–Kier alpha value is -2.58. The van der Waals surface area contributed by atoms with Crippen LogP contribution in [0.2, 0.25) is 0 Å². The number of nitrogens with one attached hydrogen (secondary N) is 1. The van der Waals surface area contributed by atoms with E-state index < -0.39 is 0 Å². The van der Waals surface area contributed by atoms with E-state index in [0.717, 1.165) is 22.7 Å². The lowest BCUT2D eigenvalue weighted by Crippen LogP contribution is -2.16. The molecule has 0 saturated carbocycles. The summed E-state index contributed by atoms with van der Waals surface area (Å²) in [5.74, 6) is 10.1. The SMILES string of the molecule is CCCCCCCCNC#Cc1cc2c(ccc3c2sc2c4ccc5sc(C#CC(N)CCCCCCC)cc5c4sc32)s1. The van der Waals surface area contributed by atoms with Gasteiger partial charge in [-0.3, -0.25) is 0 Å². The predicted octanol–water partition coefficient (Wildman–Crippen LogP) is 12.0. The minimum absolute atomic E-state index is 0.0397. The molecule has 0 bridgehead atoms. The third-order valence-corrected chi connectivity index (χ3v) is 13.0. The molecule has 4 heterocycles. The van der Waals surface area contributed by atoms with Gasteiger partial charge in [-0.25, -0.2) is 0 Å². The average Bonchev–Trinajstić information content (AvgIpc) is 3.79. The second kappa shape index (κ2) is 15.1. The summed E-state index contributed by atoms with van der Waals surface area (Å²) in [5.41, 5.74) is 6.34. The number of fused-ring (bicyclic) bond motifs is 9. The summed E-state index contributed by atoms with van der Waals surface area (Å²) in [7, 11) is 0. The first kappa shape index (κ1) is 31.4. The van der Waals surface area contributed by atoms with Crippen molar-refractivity contribution in [3.63, 3.8) is 0 Å². The van der Waals surface area contributed by atoms with Crippen LogP contribution in [-0.2, 0) is 0 Å². The van der Waals surface area contributed by atoms with Crippen LogP contribution < -0.4 is 11.1 Å². The van der Waals surface area contributed by atoms with Gasteiger partial charge in [-0.15, -0.1) is 45.3 Å². The molecule has 0 spiro atoms. The molecule has 0 aliphatic heterocycles. The third kappa shape index (κ3) is 7.12. The van der Waals surface area contributed by atoms with E-state index in [-0.39, 0.29) is 6.04 Å². The molecule has 0 saturated heterocycles. The molecular formula is C38H42N2S4. The van der Waals surface area contributed by atoms with Gasteiger partial charge >= 0.3 is 0 Å². The van der Waals surface area contributed by atoms with E-state index in [9.17, 15) is 0 Å². The maximum Gasteiger partial charge on any atom is 0.0800 e. The number of unbranched alkanes of at least 4 members (excludes halogenated alkanes) is 9. The Labute approximate surface area is 278 Å². The molecule has 1 atom stereocenters. The highest BCUT2D eigenvalue weighted by Gasteiger charge is 2.17. The van der Waals surface area contributed by atoms with Crippen LogP contribution in [0.4, 0.5) is 0 Å². The lowest BCUT2D eigenvalue weighted by molar-refractivity contribution is 0.588. The summed E-state index contributed by atoms with van der Waals surface area (Å²) in [6.07, 6.45) is 15.2. The second-order valence-electron chi connectivity index (χ2n) is 11.8. The smallest absolute Gasteiger partial charge is 0.0800 e. The van der Waals surface area contributed by atoms with Gasteiger partial charge in [0.05, 0.1) is 25.2 Å². The Kier molecular flexibility index (Phi) is 10.8. The van der Waals surface area contributed by atoms with Crippen molar-refractivity contribution in [3.8, 4) is 23.8 Å². The zero-order valence-corrected chi connectivity index (χ0v) is 29.2. The highest BCUT2D eigenvalue weighted by Crippen LogP contribution is 2.49. The largest absolute Gasteiger partial charge is 0.346 e. The van der Waals surface area contributed by atoms with Crippen molar-refractivity contribution in [2.75, 3.05) is 6.54 Å². The Morgan fingerprint density at radius 2 is 1.16 bits per heavy atom. The summed E-state index contributed by atoms with van der Waals surface area (Å²) in [6.45, 7) is 5.49. The highest BCUT2D eigenvalue weighted by molar-refractivity contribution is 7.38. The molecule has 2 nitrogen and oxygen atoms in total. The van der Waals surface area contributed by atoms with Crippen molar-refractivity contribution in [1.29, 1.82) is 0 Å². The van der Waals surface area contributed by atoms with Gasteiger partial charge < -0.3 is 11.1 Å². The van der Waals surface area contributed by atoms with E-state index in [1.54, 1.807) is 22.7 Å². The highest BCUT2D eigenvalue weighted by atomic mass is 32.1. The van der Waals surface area contributed by atoms with Crippen molar-refractivity contribution in [2.24, 2.45) is 5.73 Å². The van der Waals surface area contributed by atoms with Crippen LogP contribution >= 0.6 is 45.3 Å². The van der Waals surface area contributed by atoms with Crippen LogP contribution in [0.5, 0.6) is 0 Å². The molecule has 6 aromatic rings. The zero-order valence-electron chi connectivity index (χ0n) is 25.9. The molecule has 6 heteroatoms. The van der Waals surface area contributed by atoms with E-state index >= 15 is 0 Å². The summed E-state index contributed by atoms with van der Waals surface area (Å²) >= 11 is 7.46. The monoisotopic (exact) mass is 654 g/mol. The van der Waals surface area contributed by atoms with Gasteiger partial charge in [0.1, 0.15) is 0 Å². The molecule has 0 aliphatic rings. The average molecular weight is 655 g/mol. The van der Waals surface area contributed by atoms with Crippen molar-refractivity contribution < 1.29 is 0 Å². The van der Waals surface area contributed by atoms with Gasteiger partial charge in [-0.1, -0.05) is 102 Å². The van der Waals surface area contributed by atoms with Crippen molar-refractivity contribution in [3.05, 3.63) is 46.2 Å². The zero-order chi connectivity index (χ0) is 30.3. The molecule has 2 aromatic carbocycles. The lowest BCUT2D eigenvalue weighted by Gasteiger charge is -2.03. The number of rotatable bonds is 13.